The Hall–Kier alpha value is -3.00. The van der Waals surface area contributed by atoms with Crippen LogP contribution in [0.2, 0.25) is 0 Å². The molecule has 2 aliphatic rings. The highest BCUT2D eigenvalue weighted by Crippen LogP contribution is 2.34. The van der Waals surface area contributed by atoms with Crippen molar-refractivity contribution in [2.75, 3.05) is 18.5 Å². The molecule has 0 aromatic carbocycles. The number of nitrogens with zero attached hydrogens (tertiary/aromatic N) is 2. The molecule has 3 heterocycles. The van der Waals surface area contributed by atoms with Crippen LogP contribution in [0, 0.1) is 5.92 Å². The number of fused-ring (bicyclic) bond motifs is 1. The molecule has 0 saturated heterocycles. The summed E-state index contributed by atoms with van der Waals surface area (Å²) in [6, 6.07) is 6.59. The van der Waals surface area contributed by atoms with Crippen LogP contribution in [0.15, 0.2) is 36.7 Å². The van der Waals surface area contributed by atoms with E-state index in [4.69, 9.17) is 9.72 Å². The van der Waals surface area contributed by atoms with E-state index >= 15 is 0 Å². The molecule has 8 heteroatoms. The molecular formula is C24H30N4O4. The molecule has 2 aromatic heterocycles. The summed E-state index contributed by atoms with van der Waals surface area (Å²) in [4.78, 5) is 32.3. The van der Waals surface area contributed by atoms with E-state index in [1.807, 2.05) is 0 Å². The van der Waals surface area contributed by atoms with Gasteiger partial charge in [0.2, 0.25) is 0 Å². The van der Waals surface area contributed by atoms with Crippen molar-refractivity contribution in [3.05, 3.63) is 53.5 Å². The molecule has 1 fully saturated rings. The number of aryl methyl sites for hydroxylation is 2. The van der Waals surface area contributed by atoms with Crippen LogP contribution in [0.5, 0.6) is 0 Å². The van der Waals surface area contributed by atoms with Crippen LogP contribution in [0.3, 0.4) is 0 Å². The van der Waals surface area contributed by atoms with Crippen molar-refractivity contribution in [1.82, 2.24) is 15.3 Å². The molecule has 1 saturated carbocycles. The van der Waals surface area contributed by atoms with Crippen molar-refractivity contribution in [1.29, 1.82) is 0 Å². The lowest BCUT2D eigenvalue weighted by Gasteiger charge is -2.35. The first-order valence-corrected chi connectivity index (χ1v) is 11.4. The predicted octanol–water partition coefficient (Wildman–Crippen LogP) is 2.84. The Morgan fingerprint density at radius 2 is 2.16 bits per heavy atom. The van der Waals surface area contributed by atoms with E-state index in [-0.39, 0.29) is 12.5 Å². The fourth-order valence-corrected chi connectivity index (χ4v) is 4.25. The standard InChI is InChI=1S/C24H30N4O4/c29-23(18-4-1-10-25-15-18)28-21(24(30)31)9-12-32-20-13-16(14-20)5-7-19-8-6-17-3-2-11-26-22(17)27-19/h1,4,6,8,10,15-16,20-21H,2-3,5,7,9,11-14H2,(H,26,27)(H,28,29)(H,30,31)/t16?,20?,21-/m1/s1. The van der Waals surface area contributed by atoms with Gasteiger partial charge in [-0.1, -0.05) is 6.07 Å². The summed E-state index contributed by atoms with van der Waals surface area (Å²) in [5.74, 6) is 0.156. The van der Waals surface area contributed by atoms with Crippen LogP contribution in [0.4, 0.5) is 5.82 Å². The van der Waals surface area contributed by atoms with Gasteiger partial charge in [0.25, 0.3) is 5.91 Å². The third kappa shape index (κ3) is 5.82. The highest BCUT2D eigenvalue weighted by atomic mass is 16.5. The van der Waals surface area contributed by atoms with E-state index < -0.39 is 17.9 Å². The topological polar surface area (TPSA) is 113 Å². The molecule has 170 valence electrons. The SMILES string of the molecule is O=C(N[C@H](CCOC1CC(CCc2ccc3c(n2)NCCC3)C1)C(=O)O)c1cccnc1. The number of aromatic nitrogens is 2. The maximum Gasteiger partial charge on any atom is 0.326 e. The fraction of sp³-hybridized carbons (Fsp3) is 0.500. The van der Waals surface area contributed by atoms with E-state index in [0.717, 1.165) is 50.2 Å². The van der Waals surface area contributed by atoms with E-state index in [9.17, 15) is 14.7 Å². The molecule has 1 atom stereocenters. The van der Waals surface area contributed by atoms with E-state index in [0.29, 0.717) is 18.1 Å². The van der Waals surface area contributed by atoms with Gasteiger partial charge in [-0.25, -0.2) is 9.78 Å². The molecule has 0 spiro atoms. The first-order chi connectivity index (χ1) is 15.6. The van der Waals surface area contributed by atoms with Crippen LogP contribution in [0.1, 0.15) is 53.7 Å². The smallest absolute Gasteiger partial charge is 0.326 e. The summed E-state index contributed by atoms with van der Waals surface area (Å²) in [6.07, 6.45) is 9.68. The molecular weight excluding hydrogens is 408 g/mol. The quantitative estimate of drug-likeness (QED) is 0.523. The Morgan fingerprint density at radius 1 is 1.28 bits per heavy atom. The Balaban J connectivity index is 1.14. The van der Waals surface area contributed by atoms with Gasteiger partial charge < -0.3 is 20.5 Å². The lowest BCUT2D eigenvalue weighted by Crippen LogP contribution is -2.42. The van der Waals surface area contributed by atoms with Gasteiger partial charge in [0.05, 0.1) is 11.7 Å². The number of hydrogen-bond acceptors (Lipinski definition) is 6. The van der Waals surface area contributed by atoms with Gasteiger partial charge in [0, 0.05) is 37.7 Å². The summed E-state index contributed by atoms with van der Waals surface area (Å²) in [6.45, 7) is 1.31. The molecule has 1 aliphatic heterocycles. The number of carboxylic acid groups (broad SMARTS) is 1. The van der Waals surface area contributed by atoms with Crippen LogP contribution in [-0.4, -0.2) is 52.2 Å². The summed E-state index contributed by atoms with van der Waals surface area (Å²) >= 11 is 0. The second kappa shape index (κ2) is 10.5. The number of nitrogens with one attached hydrogen (secondary N) is 2. The summed E-state index contributed by atoms with van der Waals surface area (Å²) in [7, 11) is 0. The number of aliphatic carboxylic acids is 1. The Bertz CT molecular complexity index is 931. The van der Waals surface area contributed by atoms with Gasteiger partial charge in [-0.2, -0.15) is 0 Å². The fourth-order valence-electron chi connectivity index (χ4n) is 4.25. The minimum atomic E-state index is -1.07. The molecule has 3 N–H and O–H groups in total. The molecule has 32 heavy (non-hydrogen) atoms. The van der Waals surface area contributed by atoms with Gasteiger partial charge >= 0.3 is 5.97 Å². The molecule has 1 amide bonds. The number of carbonyl (C=O) groups excluding carboxylic acids is 1. The number of rotatable bonds is 10. The Kier molecular flexibility index (Phi) is 7.32. The lowest BCUT2D eigenvalue weighted by molar-refractivity contribution is -0.140. The highest BCUT2D eigenvalue weighted by molar-refractivity contribution is 5.96. The zero-order valence-electron chi connectivity index (χ0n) is 18.1. The number of carbonyl (C=O) groups is 2. The Morgan fingerprint density at radius 3 is 2.94 bits per heavy atom. The number of hydrogen-bond donors (Lipinski definition) is 3. The predicted molar refractivity (Wildman–Crippen MR) is 120 cm³/mol. The van der Waals surface area contributed by atoms with Gasteiger partial charge in [0.15, 0.2) is 0 Å². The van der Waals surface area contributed by atoms with Crippen molar-refractivity contribution in [2.45, 2.75) is 57.1 Å². The van der Waals surface area contributed by atoms with Crippen molar-refractivity contribution >= 4 is 17.7 Å². The number of carboxylic acids is 1. The summed E-state index contributed by atoms with van der Waals surface area (Å²) < 4.78 is 5.85. The normalized spacial score (nSPS) is 20.4. The number of pyridine rings is 2. The molecule has 0 radical (unpaired) electrons. The van der Waals surface area contributed by atoms with Crippen LogP contribution in [0.25, 0.3) is 0 Å². The van der Waals surface area contributed by atoms with Crippen molar-refractivity contribution in [3.8, 4) is 0 Å². The first-order valence-electron chi connectivity index (χ1n) is 11.4. The molecule has 0 bridgehead atoms. The average molecular weight is 439 g/mol. The maximum absolute atomic E-state index is 12.2. The number of anilines is 1. The van der Waals surface area contributed by atoms with Crippen molar-refractivity contribution < 1.29 is 19.4 Å². The zero-order chi connectivity index (χ0) is 22.3. The van der Waals surface area contributed by atoms with Crippen LogP contribution in [-0.2, 0) is 22.4 Å². The second-order valence-corrected chi connectivity index (χ2v) is 8.60. The zero-order valence-corrected chi connectivity index (χ0v) is 18.1. The van der Waals surface area contributed by atoms with Crippen LogP contribution < -0.4 is 10.6 Å². The highest BCUT2D eigenvalue weighted by Gasteiger charge is 2.30. The lowest BCUT2D eigenvalue weighted by atomic mass is 9.79. The number of amides is 1. The third-order valence-corrected chi connectivity index (χ3v) is 6.24. The van der Waals surface area contributed by atoms with Gasteiger partial charge in [-0.3, -0.25) is 9.78 Å². The van der Waals surface area contributed by atoms with Gasteiger partial charge in [-0.15, -0.1) is 0 Å². The summed E-state index contributed by atoms with van der Waals surface area (Å²) in [5.41, 5.74) is 2.79. The van der Waals surface area contributed by atoms with Gasteiger partial charge in [0.1, 0.15) is 11.9 Å². The van der Waals surface area contributed by atoms with E-state index in [1.165, 1.54) is 18.2 Å². The molecule has 1 aliphatic carbocycles. The Labute approximate surface area is 187 Å². The minimum absolute atomic E-state index is 0.168. The maximum atomic E-state index is 12.2. The van der Waals surface area contributed by atoms with Crippen molar-refractivity contribution in [3.63, 3.8) is 0 Å². The third-order valence-electron chi connectivity index (χ3n) is 6.24. The monoisotopic (exact) mass is 438 g/mol. The number of ether oxygens (including phenoxy) is 1. The van der Waals surface area contributed by atoms with E-state index in [1.54, 1.807) is 18.3 Å². The van der Waals surface area contributed by atoms with Crippen LogP contribution >= 0.6 is 0 Å². The molecule has 2 aromatic rings. The second-order valence-electron chi connectivity index (χ2n) is 8.60. The molecule has 4 rings (SSSR count). The largest absolute Gasteiger partial charge is 0.480 e. The molecule has 8 nitrogen and oxygen atoms in total. The molecule has 0 unspecified atom stereocenters. The average Bonchev–Trinajstić information content (AvgIpc) is 2.79. The van der Waals surface area contributed by atoms with E-state index in [2.05, 4.69) is 27.8 Å². The van der Waals surface area contributed by atoms with Crippen molar-refractivity contribution in [2.24, 2.45) is 5.92 Å². The van der Waals surface area contributed by atoms with Gasteiger partial charge in [-0.05, 0) is 68.2 Å². The first kappa shape index (κ1) is 22.2. The minimum Gasteiger partial charge on any atom is -0.480 e. The summed E-state index contributed by atoms with van der Waals surface area (Å²) in [5, 5.41) is 15.3.